The van der Waals surface area contributed by atoms with Crippen LogP contribution in [0.15, 0.2) is 36.4 Å². The molecule has 1 atom stereocenters. The number of nitrogens with one attached hydrogen (secondary N) is 1. The number of hydrogen-bond donors (Lipinski definition) is 2. The molecule has 4 nitrogen and oxygen atoms in total. The molecule has 3 aromatic rings. The first-order valence-corrected chi connectivity index (χ1v) is 10.4. The topological polar surface area (TPSA) is 69.0 Å². The minimum Gasteiger partial charge on any atom is -0.493 e. The predicted molar refractivity (Wildman–Crippen MR) is 116 cm³/mol. The summed E-state index contributed by atoms with van der Waals surface area (Å²) in [6, 6.07) is 13.1. The molecule has 0 fully saturated rings. The summed E-state index contributed by atoms with van der Waals surface area (Å²) in [6.45, 7) is 6.19. The average Bonchev–Trinajstić information content (AvgIpc) is 3.33. The second-order valence-electron chi connectivity index (χ2n) is 9.19. The fourth-order valence-corrected chi connectivity index (χ4v) is 4.79. The summed E-state index contributed by atoms with van der Waals surface area (Å²) >= 11 is 0. The molecule has 1 aromatic heterocycles. The molecule has 6 heteroatoms. The highest BCUT2D eigenvalue weighted by Crippen LogP contribution is 2.43. The van der Waals surface area contributed by atoms with E-state index in [0.29, 0.717) is 23.4 Å². The smallest absolute Gasteiger partial charge is 0.267 e. The number of aliphatic hydroxyl groups is 1. The summed E-state index contributed by atoms with van der Waals surface area (Å²) in [5.41, 5.74) is 1.57. The summed E-state index contributed by atoms with van der Waals surface area (Å²) < 4.78 is 34.2. The Labute approximate surface area is 180 Å². The van der Waals surface area contributed by atoms with Gasteiger partial charge in [-0.25, -0.2) is 8.78 Å². The molecule has 0 spiro atoms. The minimum absolute atomic E-state index is 0.130. The van der Waals surface area contributed by atoms with Gasteiger partial charge in [0.15, 0.2) is 0 Å². The molecule has 31 heavy (non-hydrogen) atoms. The quantitative estimate of drug-likeness (QED) is 0.572. The zero-order valence-corrected chi connectivity index (χ0v) is 17.9. The van der Waals surface area contributed by atoms with Crippen molar-refractivity contribution in [1.82, 2.24) is 4.98 Å². The number of alkyl halides is 2. The lowest BCUT2D eigenvalue weighted by Crippen LogP contribution is -2.45. The maximum atomic E-state index is 14.2. The van der Waals surface area contributed by atoms with Crippen LogP contribution in [0.5, 0.6) is 5.75 Å². The number of nitrogens with zero attached hydrogens (tertiary/aromatic N) is 1. The number of aromatic nitrogens is 1. The second-order valence-corrected chi connectivity index (χ2v) is 9.19. The standard InChI is InChI=1S/C25H26F2N2O2/c1-15-9-16(13-28)10-21-19(15)11-18(29-21)12-25(30,23(26)27)14-24(2,3)20-6-4-5-17-7-8-31-22(17)20/h4-6,9-11,23,29-30H,7-8,12,14H2,1-3H3. The number of aryl methyl sites for hydroxylation is 1. The summed E-state index contributed by atoms with van der Waals surface area (Å²) in [6.07, 6.45) is -2.47. The van der Waals surface area contributed by atoms with Crippen LogP contribution in [0.1, 0.15) is 48.2 Å². The van der Waals surface area contributed by atoms with Crippen LogP contribution in [0, 0.1) is 18.3 Å². The normalized spacial score (nSPS) is 15.5. The number of rotatable bonds is 6. The summed E-state index contributed by atoms with van der Waals surface area (Å²) in [4.78, 5) is 3.12. The monoisotopic (exact) mass is 424 g/mol. The molecule has 2 N–H and O–H groups in total. The number of ether oxygens (including phenoxy) is 1. The Morgan fingerprint density at radius 3 is 2.74 bits per heavy atom. The third kappa shape index (κ3) is 3.90. The maximum absolute atomic E-state index is 14.2. The van der Waals surface area contributed by atoms with Crippen molar-refractivity contribution in [2.45, 2.75) is 57.5 Å². The van der Waals surface area contributed by atoms with Gasteiger partial charge in [-0.05, 0) is 48.1 Å². The number of H-pyrrole nitrogens is 1. The van der Waals surface area contributed by atoms with E-state index in [4.69, 9.17) is 4.74 Å². The Balaban J connectivity index is 1.67. The average molecular weight is 424 g/mol. The van der Waals surface area contributed by atoms with E-state index in [1.807, 2.05) is 39.0 Å². The molecule has 0 aliphatic carbocycles. The van der Waals surface area contributed by atoms with Crippen LogP contribution in [-0.2, 0) is 18.3 Å². The van der Waals surface area contributed by atoms with Gasteiger partial charge < -0.3 is 14.8 Å². The number of fused-ring (bicyclic) bond motifs is 2. The van der Waals surface area contributed by atoms with E-state index in [9.17, 15) is 19.1 Å². The van der Waals surface area contributed by atoms with Gasteiger partial charge in [-0.15, -0.1) is 0 Å². The van der Waals surface area contributed by atoms with Gasteiger partial charge in [0.25, 0.3) is 6.43 Å². The number of nitriles is 1. The summed E-state index contributed by atoms with van der Waals surface area (Å²) in [5, 5.41) is 21.2. The number of benzene rings is 2. The molecule has 1 aliphatic rings. The van der Waals surface area contributed by atoms with Crippen LogP contribution in [0.2, 0.25) is 0 Å². The Morgan fingerprint density at radius 2 is 2.03 bits per heavy atom. The lowest BCUT2D eigenvalue weighted by molar-refractivity contribution is -0.110. The number of hydrogen-bond acceptors (Lipinski definition) is 3. The molecule has 162 valence electrons. The SMILES string of the molecule is Cc1cc(C#N)cc2[nH]c(CC(O)(CC(C)(C)c3cccc4c3OCC4)C(F)F)cc12. The van der Waals surface area contributed by atoms with E-state index in [2.05, 4.69) is 11.1 Å². The minimum atomic E-state index is -2.92. The van der Waals surface area contributed by atoms with Crippen molar-refractivity contribution in [1.29, 1.82) is 5.26 Å². The van der Waals surface area contributed by atoms with E-state index < -0.39 is 17.4 Å². The van der Waals surface area contributed by atoms with Crippen LogP contribution in [0.25, 0.3) is 10.9 Å². The van der Waals surface area contributed by atoms with Gasteiger partial charge in [0.05, 0.1) is 18.2 Å². The molecule has 1 unspecified atom stereocenters. The highest BCUT2D eigenvalue weighted by molar-refractivity contribution is 5.85. The molecular weight excluding hydrogens is 398 g/mol. The van der Waals surface area contributed by atoms with Crippen LogP contribution < -0.4 is 4.74 Å². The molecule has 0 radical (unpaired) electrons. The first-order valence-electron chi connectivity index (χ1n) is 10.4. The van der Waals surface area contributed by atoms with Crippen LogP contribution in [-0.4, -0.2) is 28.7 Å². The Morgan fingerprint density at radius 1 is 1.26 bits per heavy atom. The van der Waals surface area contributed by atoms with E-state index in [1.54, 1.807) is 18.2 Å². The first kappa shape index (κ1) is 21.3. The van der Waals surface area contributed by atoms with Crippen LogP contribution >= 0.6 is 0 Å². The van der Waals surface area contributed by atoms with Gasteiger partial charge in [0.1, 0.15) is 11.4 Å². The Hall–Kier alpha value is -2.91. The molecule has 2 heterocycles. The highest BCUT2D eigenvalue weighted by Gasteiger charge is 2.44. The first-order chi connectivity index (χ1) is 14.6. The van der Waals surface area contributed by atoms with Gasteiger partial charge in [-0.1, -0.05) is 32.0 Å². The lowest BCUT2D eigenvalue weighted by atomic mass is 9.73. The molecular formula is C25H26F2N2O2. The lowest BCUT2D eigenvalue weighted by Gasteiger charge is -2.36. The van der Waals surface area contributed by atoms with Gasteiger partial charge in [-0.2, -0.15) is 5.26 Å². The van der Waals surface area contributed by atoms with Crippen molar-refractivity contribution in [2.75, 3.05) is 6.61 Å². The van der Waals surface area contributed by atoms with E-state index in [-0.39, 0.29) is 12.8 Å². The Kier molecular flexibility index (Phi) is 5.26. The van der Waals surface area contributed by atoms with Gasteiger partial charge in [0, 0.05) is 35.0 Å². The van der Waals surface area contributed by atoms with E-state index in [1.165, 1.54) is 0 Å². The van der Waals surface area contributed by atoms with Gasteiger partial charge in [-0.3, -0.25) is 0 Å². The van der Waals surface area contributed by atoms with E-state index in [0.717, 1.165) is 34.2 Å². The molecule has 0 saturated heterocycles. The van der Waals surface area contributed by atoms with Crippen LogP contribution in [0.4, 0.5) is 8.78 Å². The molecule has 2 aromatic carbocycles. The molecule has 4 rings (SSSR count). The largest absolute Gasteiger partial charge is 0.493 e. The third-order valence-corrected chi connectivity index (χ3v) is 6.22. The van der Waals surface area contributed by atoms with Crippen molar-refractivity contribution in [3.8, 4) is 11.8 Å². The number of para-hydroxylation sites is 1. The maximum Gasteiger partial charge on any atom is 0.267 e. The number of aromatic amines is 1. The predicted octanol–water partition coefficient (Wildman–Crippen LogP) is 5.19. The molecule has 0 amide bonds. The zero-order chi connectivity index (χ0) is 22.4. The third-order valence-electron chi connectivity index (χ3n) is 6.22. The summed E-state index contributed by atoms with van der Waals surface area (Å²) in [7, 11) is 0. The summed E-state index contributed by atoms with van der Waals surface area (Å²) in [5.74, 6) is 0.759. The fourth-order valence-electron chi connectivity index (χ4n) is 4.79. The van der Waals surface area contributed by atoms with Gasteiger partial charge >= 0.3 is 0 Å². The molecule has 0 bridgehead atoms. The van der Waals surface area contributed by atoms with Crippen molar-refractivity contribution in [2.24, 2.45) is 0 Å². The van der Waals surface area contributed by atoms with Crippen LogP contribution in [0.3, 0.4) is 0 Å². The zero-order valence-electron chi connectivity index (χ0n) is 17.9. The highest BCUT2D eigenvalue weighted by atomic mass is 19.3. The Bertz CT molecular complexity index is 1180. The fraction of sp³-hybridized carbons (Fsp3) is 0.400. The molecule has 1 aliphatic heterocycles. The van der Waals surface area contributed by atoms with E-state index >= 15 is 0 Å². The van der Waals surface area contributed by atoms with Crippen molar-refractivity contribution in [3.63, 3.8) is 0 Å². The van der Waals surface area contributed by atoms with Crippen molar-refractivity contribution < 1.29 is 18.6 Å². The molecule has 0 saturated carbocycles. The second kappa shape index (κ2) is 7.65. The van der Waals surface area contributed by atoms with Gasteiger partial charge in [0.2, 0.25) is 0 Å². The van der Waals surface area contributed by atoms with Crippen molar-refractivity contribution >= 4 is 10.9 Å². The van der Waals surface area contributed by atoms with Crippen molar-refractivity contribution in [3.05, 3.63) is 64.3 Å². The number of halogens is 2.